The van der Waals surface area contributed by atoms with Crippen LogP contribution in [0.15, 0.2) is 35.7 Å². The lowest BCUT2D eigenvalue weighted by molar-refractivity contribution is 0.282. The highest BCUT2D eigenvalue weighted by molar-refractivity contribution is 7.13. The first-order valence-corrected chi connectivity index (χ1v) is 5.41. The summed E-state index contributed by atoms with van der Waals surface area (Å²) in [4.78, 5) is 1.02. The van der Waals surface area contributed by atoms with Crippen molar-refractivity contribution in [2.24, 2.45) is 0 Å². The molecule has 0 bridgehead atoms. The van der Waals surface area contributed by atoms with Crippen LogP contribution in [0, 0.1) is 11.3 Å². The lowest BCUT2D eigenvalue weighted by Crippen LogP contribution is -1.91. The maximum atomic E-state index is 9.23. The first kappa shape index (κ1) is 9.91. The Bertz CT molecular complexity index is 497. The minimum atomic E-state index is -0.0389. The second-order valence-electron chi connectivity index (χ2n) is 3.09. The Morgan fingerprint density at radius 1 is 1.27 bits per heavy atom. The maximum Gasteiger partial charge on any atom is 0.0998 e. The third-order valence-electron chi connectivity index (χ3n) is 2.21. The van der Waals surface area contributed by atoms with E-state index in [1.54, 1.807) is 23.5 Å². The standard InChI is InChI=1S/C12H9NOS/c13-7-9-3-1-4-10(8-14)12(9)11-5-2-6-15-11/h1-6,14H,8H2. The average molecular weight is 215 g/mol. The van der Waals surface area contributed by atoms with Crippen LogP contribution in [0.2, 0.25) is 0 Å². The Morgan fingerprint density at radius 2 is 2.13 bits per heavy atom. The van der Waals surface area contributed by atoms with Crippen molar-refractivity contribution in [1.82, 2.24) is 0 Å². The van der Waals surface area contributed by atoms with E-state index in [-0.39, 0.29) is 6.61 Å². The normalized spacial score (nSPS) is 9.87. The number of nitrogens with zero attached hydrogens (tertiary/aromatic N) is 1. The van der Waals surface area contributed by atoms with Gasteiger partial charge < -0.3 is 5.11 Å². The van der Waals surface area contributed by atoms with Crippen LogP contribution in [0.5, 0.6) is 0 Å². The molecule has 0 atom stereocenters. The summed E-state index contributed by atoms with van der Waals surface area (Å²) in [5, 5.41) is 20.2. The first-order chi connectivity index (χ1) is 7.36. The van der Waals surface area contributed by atoms with E-state index in [4.69, 9.17) is 5.26 Å². The van der Waals surface area contributed by atoms with E-state index >= 15 is 0 Å². The quantitative estimate of drug-likeness (QED) is 0.837. The zero-order valence-corrected chi connectivity index (χ0v) is 8.79. The molecule has 0 amide bonds. The van der Waals surface area contributed by atoms with E-state index in [2.05, 4.69) is 6.07 Å². The number of benzene rings is 1. The molecular formula is C12H9NOS. The molecule has 0 unspecified atom stereocenters. The van der Waals surface area contributed by atoms with Crippen molar-refractivity contribution in [3.8, 4) is 16.5 Å². The Labute approximate surface area is 92.0 Å². The fourth-order valence-electron chi connectivity index (χ4n) is 1.54. The van der Waals surface area contributed by atoms with Crippen molar-refractivity contribution < 1.29 is 5.11 Å². The van der Waals surface area contributed by atoms with Gasteiger partial charge in [0.15, 0.2) is 0 Å². The first-order valence-electron chi connectivity index (χ1n) is 4.53. The minimum absolute atomic E-state index is 0.0389. The number of aliphatic hydroxyl groups excluding tert-OH is 1. The van der Waals surface area contributed by atoms with Gasteiger partial charge in [0.05, 0.1) is 18.2 Å². The summed E-state index contributed by atoms with van der Waals surface area (Å²) in [6.07, 6.45) is 0. The molecule has 1 aromatic heterocycles. The predicted molar refractivity (Wildman–Crippen MR) is 60.4 cm³/mol. The monoisotopic (exact) mass is 215 g/mol. The molecular weight excluding hydrogens is 206 g/mol. The summed E-state index contributed by atoms with van der Waals surface area (Å²) in [5.74, 6) is 0. The van der Waals surface area contributed by atoms with Gasteiger partial charge in [-0.3, -0.25) is 0 Å². The summed E-state index contributed by atoms with van der Waals surface area (Å²) >= 11 is 1.57. The molecule has 0 aliphatic carbocycles. The Morgan fingerprint density at radius 3 is 2.73 bits per heavy atom. The lowest BCUT2D eigenvalue weighted by atomic mass is 10.0. The second-order valence-corrected chi connectivity index (χ2v) is 4.03. The van der Waals surface area contributed by atoms with Crippen LogP contribution in [0.1, 0.15) is 11.1 Å². The molecule has 3 heteroatoms. The smallest absolute Gasteiger partial charge is 0.0998 e. The van der Waals surface area contributed by atoms with Gasteiger partial charge in [0.25, 0.3) is 0 Å². The third-order valence-corrected chi connectivity index (χ3v) is 3.10. The zero-order chi connectivity index (χ0) is 10.7. The van der Waals surface area contributed by atoms with Crippen molar-refractivity contribution in [2.45, 2.75) is 6.61 Å². The fraction of sp³-hybridized carbons (Fsp3) is 0.0833. The van der Waals surface area contributed by atoms with E-state index in [9.17, 15) is 5.11 Å². The van der Waals surface area contributed by atoms with Crippen LogP contribution >= 0.6 is 11.3 Å². The molecule has 0 aliphatic rings. The van der Waals surface area contributed by atoms with Crippen molar-refractivity contribution >= 4 is 11.3 Å². The van der Waals surface area contributed by atoms with Crippen molar-refractivity contribution in [3.63, 3.8) is 0 Å². The summed E-state index contributed by atoms with van der Waals surface area (Å²) < 4.78 is 0. The molecule has 1 aromatic carbocycles. The molecule has 0 fully saturated rings. The van der Waals surface area contributed by atoms with Crippen LogP contribution in [0.4, 0.5) is 0 Å². The van der Waals surface area contributed by atoms with E-state index in [1.165, 1.54) is 0 Å². The Balaban J connectivity index is 2.67. The van der Waals surface area contributed by atoms with Gasteiger partial charge in [-0.2, -0.15) is 5.26 Å². The second kappa shape index (κ2) is 4.26. The van der Waals surface area contributed by atoms with Crippen LogP contribution < -0.4 is 0 Å². The number of thiophene rings is 1. The van der Waals surface area contributed by atoms with Crippen LogP contribution in [0.25, 0.3) is 10.4 Å². The number of hydrogen-bond donors (Lipinski definition) is 1. The maximum absolute atomic E-state index is 9.23. The molecule has 2 aromatic rings. The largest absolute Gasteiger partial charge is 0.392 e. The summed E-state index contributed by atoms with van der Waals surface area (Å²) in [6.45, 7) is -0.0389. The molecule has 0 radical (unpaired) electrons. The van der Waals surface area contributed by atoms with Gasteiger partial charge in [0.1, 0.15) is 0 Å². The van der Waals surface area contributed by atoms with Crippen LogP contribution in [0.3, 0.4) is 0 Å². The highest BCUT2D eigenvalue weighted by Gasteiger charge is 2.10. The molecule has 0 spiro atoms. The molecule has 74 valence electrons. The molecule has 0 aliphatic heterocycles. The minimum Gasteiger partial charge on any atom is -0.392 e. The average Bonchev–Trinajstić information content (AvgIpc) is 2.81. The van der Waals surface area contributed by atoms with Gasteiger partial charge >= 0.3 is 0 Å². The van der Waals surface area contributed by atoms with Crippen molar-refractivity contribution in [1.29, 1.82) is 5.26 Å². The van der Waals surface area contributed by atoms with E-state index in [0.29, 0.717) is 5.56 Å². The molecule has 2 rings (SSSR count). The summed E-state index contributed by atoms with van der Waals surface area (Å²) in [6, 6.07) is 11.5. The number of rotatable bonds is 2. The van der Waals surface area contributed by atoms with Gasteiger partial charge in [-0.25, -0.2) is 0 Å². The van der Waals surface area contributed by atoms with Gasteiger partial charge in [-0.1, -0.05) is 18.2 Å². The third kappa shape index (κ3) is 1.78. The molecule has 1 N–H and O–H groups in total. The van der Waals surface area contributed by atoms with Gasteiger partial charge in [0, 0.05) is 10.4 Å². The highest BCUT2D eigenvalue weighted by atomic mass is 32.1. The molecule has 1 heterocycles. The van der Waals surface area contributed by atoms with Crippen molar-refractivity contribution in [3.05, 3.63) is 46.8 Å². The van der Waals surface area contributed by atoms with Gasteiger partial charge in [-0.05, 0) is 23.1 Å². The van der Waals surface area contributed by atoms with E-state index in [1.807, 2.05) is 23.6 Å². The fourth-order valence-corrected chi connectivity index (χ4v) is 2.36. The summed E-state index contributed by atoms with van der Waals surface area (Å²) in [7, 11) is 0. The number of aliphatic hydroxyl groups is 1. The van der Waals surface area contributed by atoms with E-state index < -0.39 is 0 Å². The number of nitriles is 1. The molecule has 0 saturated heterocycles. The lowest BCUT2D eigenvalue weighted by Gasteiger charge is -2.06. The SMILES string of the molecule is N#Cc1cccc(CO)c1-c1cccs1. The highest BCUT2D eigenvalue weighted by Crippen LogP contribution is 2.31. The predicted octanol–water partition coefficient (Wildman–Crippen LogP) is 2.78. The zero-order valence-electron chi connectivity index (χ0n) is 7.97. The van der Waals surface area contributed by atoms with E-state index in [0.717, 1.165) is 16.0 Å². The van der Waals surface area contributed by atoms with Crippen LogP contribution in [-0.2, 0) is 6.61 Å². The Kier molecular flexibility index (Phi) is 2.82. The molecule has 2 nitrogen and oxygen atoms in total. The Hall–Kier alpha value is -1.63. The molecule has 15 heavy (non-hydrogen) atoms. The number of hydrogen-bond acceptors (Lipinski definition) is 3. The van der Waals surface area contributed by atoms with Crippen molar-refractivity contribution in [2.75, 3.05) is 0 Å². The summed E-state index contributed by atoms with van der Waals surface area (Å²) in [5.41, 5.74) is 2.28. The topological polar surface area (TPSA) is 44.0 Å². The van der Waals surface area contributed by atoms with Gasteiger partial charge in [0.2, 0.25) is 0 Å². The molecule has 0 saturated carbocycles. The van der Waals surface area contributed by atoms with Gasteiger partial charge in [-0.15, -0.1) is 11.3 Å². The van der Waals surface area contributed by atoms with Crippen LogP contribution in [-0.4, -0.2) is 5.11 Å².